The lowest BCUT2D eigenvalue weighted by atomic mass is 10.1. The molecule has 4 aromatic rings. The fourth-order valence-corrected chi connectivity index (χ4v) is 4.61. The summed E-state index contributed by atoms with van der Waals surface area (Å²) < 4.78 is 7.21. The minimum atomic E-state index is -0.283. The zero-order valence-electron chi connectivity index (χ0n) is 13.0. The largest absolute Gasteiger partial charge is 0.465 e. The fourth-order valence-electron chi connectivity index (χ4n) is 2.77. The number of benzene rings is 2. The number of fused-ring (bicyclic) bond motifs is 2. The second-order valence-corrected chi connectivity index (χ2v) is 7.41. The molecule has 118 valence electrons. The minimum absolute atomic E-state index is 0.283. The molecule has 2 nitrogen and oxygen atoms in total. The topological polar surface area (TPSA) is 26.3 Å². The summed E-state index contributed by atoms with van der Waals surface area (Å²) in [7, 11) is 1.41. The lowest BCUT2D eigenvalue weighted by molar-refractivity contribution is 0.0606. The first kappa shape index (κ1) is 15.1. The van der Waals surface area contributed by atoms with Crippen molar-refractivity contribution in [1.82, 2.24) is 0 Å². The Labute approximate surface area is 147 Å². The molecule has 0 saturated carbocycles. The lowest BCUT2D eigenvalue weighted by Crippen LogP contribution is -1.96. The van der Waals surface area contributed by atoms with Crippen molar-refractivity contribution in [1.29, 1.82) is 0 Å². The summed E-state index contributed by atoms with van der Waals surface area (Å²) in [5.74, 6) is -0.283. The summed E-state index contributed by atoms with van der Waals surface area (Å²) in [5, 5.41) is 4.47. The third-order valence-corrected chi connectivity index (χ3v) is 5.92. The van der Waals surface area contributed by atoms with Crippen molar-refractivity contribution in [2.75, 3.05) is 7.11 Å². The van der Waals surface area contributed by atoms with Crippen LogP contribution in [0.25, 0.3) is 32.3 Å². The van der Waals surface area contributed by atoms with E-state index in [0.29, 0.717) is 4.88 Å². The molecule has 2 aromatic heterocycles. The summed E-state index contributed by atoms with van der Waals surface area (Å²) in [6, 6.07) is 16.5. The van der Waals surface area contributed by atoms with Crippen molar-refractivity contribution in [2.24, 2.45) is 0 Å². The Morgan fingerprint density at radius 2 is 1.67 bits per heavy atom. The maximum absolute atomic E-state index is 11.8. The van der Waals surface area contributed by atoms with Crippen LogP contribution in [0, 0.1) is 0 Å². The van der Waals surface area contributed by atoms with Crippen molar-refractivity contribution >= 4 is 61.0 Å². The number of thiophene rings is 2. The minimum Gasteiger partial charge on any atom is -0.465 e. The number of rotatable bonds is 3. The van der Waals surface area contributed by atoms with Crippen molar-refractivity contribution in [3.05, 3.63) is 69.9 Å². The Morgan fingerprint density at radius 3 is 2.42 bits per heavy atom. The van der Waals surface area contributed by atoms with E-state index >= 15 is 0 Å². The highest BCUT2D eigenvalue weighted by atomic mass is 32.1. The van der Waals surface area contributed by atoms with Gasteiger partial charge in [0.25, 0.3) is 0 Å². The molecule has 0 spiro atoms. The number of carbonyl (C=O) groups excluding carboxylic acids is 1. The predicted molar refractivity (Wildman–Crippen MR) is 104 cm³/mol. The van der Waals surface area contributed by atoms with Gasteiger partial charge in [0, 0.05) is 14.8 Å². The van der Waals surface area contributed by atoms with Crippen LogP contribution >= 0.6 is 22.7 Å². The quantitative estimate of drug-likeness (QED) is 0.331. The van der Waals surface area contributed by atoms with Gasteiger partial charge in [0.05, 0.1) is 7.11 Å². The first-order valence-electron chi connectivity index (χ1n) is 7.51. The molecule has 0 aliphatic rings. The molecule has 0 amide bonds. The van der Waals surface area contributed by atoms with Crippen LogP contribution in [0.15, 0.2) is 53.9 Å². The Hall–Kier alpha value is -2.43. The fraction of sp³-hybridized carbons (Fsp3) is 0.0500. The van der Waals surface area contributed by atoms with E-state index in [-0.39, 0.29) is 5.97 Å². The van der Waals surface area contributed by atoms with Crippen LogP contribution in [0.2, 0.25) is 0 Å². The van der Waals surface area contributed by atoms with Crippen molar-refractivity contribution in [3.63, 3.8) is 0 Å². The van der Waals surface area contributed by atoms with Gasteiger partial charge in [-0.1, -0.05) is 36.4 Å². The number of ether oxygens (including phenoxy) is 1. The second-order valence-electron chi connectivity index (χ2n) is 5.37. The van der Waals surface area contributed by atoms with Crippen LogP contribution in [0.5, 0.6) is 0 Å². The van der Waals surface area contributed by atoms with Gasteiger partial charge in [-0.05, 0) is 46.2 Å². The van der Waals surface area contributed by atoms with Gasteiger partial charge < -0.3 is 4.74 Å². The van der Waals surface area contributed by atoms with Crippen LogP contribution in [0.1, 0.15) is 20.8 Å². The van der Waals surface area contributed by atoms with Gasteiger partial charge in [-0.25, -0.2) is 4.79 Å². The van der Waals surface area contributed by atoms with E-state index in [9.17, 15) is 4.79 Å². The highest BCUT2D eigenvalue weighted by Crippen LogP contribution is 2.31. The monoisotopic (exact) mass is 350 g/mol. The highest BCUT2D eigenvalue weighted by Gasteiger charge is 2.11. The second kappa shape index (κ2) is 6.23. The number of hydrogen-bond acceptors (Lipinski definition) is 4. The third-order valence-electron chi connectivity index (χ3n) is 3.95. The summed E-state index contributed by atoms with van der Waals surface area (Å²) in [6.07, 6.45) is 4.25. The summed E-state index contributed by atoms with van der Waals surface area (Å²) in [4.78, 5) is 12.4. The van der Waals surface area contributed by atoms with Gasteiger partial charge in [0.1, 0.15) is 4.88 Å². The van der Waals surface area contributed by atoms with Crippen LogP contribution in [0.3, 0.4) is 0 Å². The maximum atomic E-state index is 11.8. The van der Waals surface area contributed by atoms with Crippen molar-refractivity contribution in [3.8, 4) is 0 Å². The third kappa shape index (κ3) is 2.64. The predicted octanol–water partition coefficient (Wildman–Crippen LogP) is 6.07. The molecule has 24 heavy (non-hydrogen) atoms. The summed E-state index contributed by atoms with van der Waals surface area (Å²) in [5.41, 5.74) is 2.31. The number of methoxy groups -OCH3 is 1. The van der Waals surface area contributed by atoms with Gasteiger partial charge >= 0.3 is 5.97 Å². The molecule has 0 radical (unpaired) electrons. The first-order chi connectivity index (χ1) is 11.8. The van der Waals surface area contributed by atoms with Gasteiger partial charge in [0.15, 0.2) is 0 Å². The molecule has 0 fully saturated rings. The van der Waals surface area contributed by atoms with Crippen LogP contribution < -0.4 is 0 Å². The van der Waals surface area contributed by atoms with E-state index in [1.807, 2.05) is 18.2 Å². The zero-order valence-corrected chi connectivity index (χ0v) is 14.6. The number of esters is 1. The van der Waals surface area contributed by atoms with Gasteiger partial charge in [0.2, 0.25) is 0 Å². The molecule has 4 rings (SSSR count). The number of hydrogen-bond donors (Lipinski definition) is 0. The van der Waals surface area contributed by atoms with Crippen LogP contribution in [-0.2, 0) is 4.74 Å². The van der Waals surface area contributed by atoms with E-state index in [1.54, 1.807) is 11.3 Å². The van der Waals surface area contributed by atoms with E-state index in [0.717, 1.165) is 15.6 Å². The SMILES string of the molecule is COC(=O)c1cc2c(/C=C/c3cccc4sccc34)cccc2s1. The van der Waals surface area contributed by atoms with E-state index < -0.39 is 0 Å². The first-order valence-corrected chi connectivity index (χ1v) is 9.21. The highest BCUT2D eigenvalue weighted by molar-refractivity contribution is 7.20. The van der Waals surface area contributed by atoms with E-state index in [4.69, 9.17) is 4.74 Å². The summed E-state index contributed by atoms with van der Waals surface area (Å²) >= 11 is 3.21. The van der Waals surface area contributed by atoms with E-state index in [2.05, 4.69) is 47.9 Å². The molecular weight excluding hydrogens is 336 g/mol. The van der Waals surface area contributed by atoms with Crippen LogP contribution in [-0.4, -0.2) is 13.1 Å². The lowest BCUT2D eigenvalue weighted by Gasteiger charge is -1.99. The molecule has 2 heterocycles. The molecule has 0 aliphatic heterocycles. The molecule has 0 N–H and O–H groups in total. The smallest absolute Gasteiger partial charge is 0.348 e. The average Bonchev–Trinajstić information content (AvgIpc) is 3.25. The molecule has 0 unspecified atom stereocenters. The zero-order chi connectivity index (χ0) is 16.5. The Bertz CT molecular complexity index is 1070. The standard InChI is InChI=1S/C20H14O2S2/c1-22-20(21)19-12-16-14(5-3-7-18(16)24-19)9-8-13-4-2-6-17-15(13)10-11-23-17/h2-12H,1H3/b9-8+. The van der Waals surface area contributed by atoms with Gasteiger partial charge in [-0.15, -0.1) is 22.7 Å². The molecule has 0 saturated heterocycles. The maximum Gasteiger partial charge on any atom is 0.348 e. The number of carbonyl (C=O) groups is 1. The Kier molecular flexibility index (Phi) is 3.92. The molecule has 4 heteroatoms. The Balaban J connectivity index is 1.78. The normalized spacial score (nSPS) is 11.5. The Morgan fingerprint density at radius 1 is 0.958 bits per heavy atom. The molecule has 0 atom stereocenters. The average molecular weight is 350 g/mol. The van der Waals surface area contributed by atoms with Gasteiger partial charge in [-0.2, -0.15) is 0 Å². The molecule has 2 aromatic carbocycles. The van der Waals surface area contributed by atoms with Crippen molar-refractivity contribution in [2.45, 2.75) is 0 Å². The molecule has 0 aliphatic carbocycles. The molecule has 0 bridgehead atoms. The van der Waals surface area contributed by atoms with Crippen LogP contribution in [0.4, 0.5) is 0 Å². The molecular formula is C20H14O2S2. The van der Waals surface area contributed by atoms with Crippen molar-refractivity contribution < 1.29 is 9.53 Å². The van der Waals surface area contributed by atoms with E-state index in [1.165, 1.54) is 34.1 Å². The van der Waals surface area contributed by atoms with Gasteiger partial charge in [-0.3, -0.25) is 0 Å². The summed E-state index contributed by atoms with van der Waals surface area (Å²) in [6.45, 7) is 0.